The lowest BCUT2D eigenvalue weighted by atomic mass is 10.1. The number of rotatable bonds is 5. The molecule has 0 aliphatic heterocycles. The molecule has 4 rings (SSSR count). The van der Waals surface area contributed by atoms with Crippen LogP contribution in [0, 0.1) is 13.8 Å². The molecule has 0 aliphatic rings. The Balaban J connectivity index is 1.66. The number of aromatic nitrogens is 5. The van der Waals surface area contributed by atoms with Crippen molar-refractivity contribution in [2.45, 2.75) is 20.8 Å². The van der Waals surface area contributed by atoms with Crippen molar-refractivity contribution in [3.63, 3.8) is 0 Å². The first-order valence-electron chi connectivity index (χ1n) is 8.93. The quantitative estimate of drug-likeness (QED) is 0.567. The molecule has 0 saturated carbocycles. The van der Waals surface area contributed by atoms with Crippen molar-refractivity contribution in [1.29, 1.82) is 0 Å². The Hall–Kier alpha value is -3.68. The molecule has 2 aromatic carbocycles. The Labute approximate surface area is 161 Å². The van der Waals surface area contributed by atoms with Crippen molar-refractivity contribution in [1.82, 2.24) is 25.1 Å². The number of nitrogens with two attached hydrogens (primary N) is 1. The summed E-state index contributed by atoms with van der Waals surface area (Å²) < 4.78 is 12.4. The first-order valence-corrected chi connectivity index (χ1v) is 8.93. The molecular weight excluding hydrogens is 356 g/mol. The SMILES string of the molecule is CCOc1ccc(-c2noc(-c3nnn(-c4cc(C)ccc4C)c3N)n2)cc1. The van der Waals surface area contributed by atoms with Crippen LogP contribution in [-0.2, 0) is 0 Å². The number of nitrogens with zero attached hydrogens (tertiary/aromatic N) is 5. The molecule has 142 valence electrons. The van der Waals surface area contributed by atoms with Gasteiger partial charge in [-0.25, -0.2) is 0 Å². The molecule has 0 bridgehead atoms. The largest absolute Gasteiger partial charge is 0.494 e. The molecule has 8 nitrogen and oxygen atoms in total. The highest BCUT2D eigenvalue weighted by atomic mass is 16.5. The van der Waals surface area contributed by atoms with Crippen LogP contribution in [-0.4, -0.2) is 31.7 Å². The molecular formula is C20H20N6O2. The standard InChI is InChI=1S/C20H20N6O2/c1-4-27-15-9-7-14(8-10-15)19-22-20(28-24-19)17-18(21)26(25-23-17)16-11-12(2)5-6-13(16)3/h5-11H,4,21H2,1-3H3. The smallest absolute Gasteiger partial charge is 0.282 e. The van der Waals surface area contributed by atoms with Crippen molar-refractivity contribution < 1.29 is 9.26 Å². The maximum absolute atomic E-state index is 6.28. The first-order chi connectivity index (χ1) is 13.6. The number of hydrogen-bond donors (Lipinski definition) is 1. The second-order valence-corrected chi connectivity index (χ2v) is 6.41. The Morgan fingerprint density at radius 3 is 2.64 bits per heavy atom. The molecule has 2 N–H and O–H groups in total. The highest BCUT2D eigenvalue weighted by Crippen LogP contribution is 2.28. The van der Waals surface area contributed by atoms with Crippen LogP contribution < -0.4 is 10.5 Å². The molecule has 0 saturated heterocycles. The first kappa shape index (κ1) is 17.7. The maximum atomic E-state index is 6.28. The predicted molar refractivity (Wildman–Crippen MR) is 105 cm³/mol. The number of benzene rings is 2. The van der Waals surface area contributed by atoms with E-state index in [0.717, 1.165) is 28.1 Å². The molecule has 0 radical (unpaired) electrons. The van der Waals surface area contributed by atoms with E-state index in [4.69, 9.17) is 15.0 Å². The van der Waals surface area contributed by atoms with Crippen LogP contribution in [0.5, 0.6) is 5.75 Å². The number of nitrogen functional groups attached to an aromatic ring is 1. The zero-order valence-electron chi connectivity index (χ0n) is 15.9. The van der Waals surface area contributed by atoms with Crippen molar-refractivity contribution >= 4 is 5.82 Å². The van der Waals surface area contributed by atoms with Gasteiger partial charge in [-0.15, -0.1) is 5.10 Å². The summed E-state index contributed by atoms with van der Waals surface area (Å²) in [6.07, 6.45) is 0. The molecule has 0 amide bonds. The topological polar surface area (TPSA) is 105 Å². The Morgan fingerprint density at radius 2 is 1.89 bits per heavy atom. The van der Waals surface area contributed by atoms with Gasteiger partial charge in [0, 0.05) is 5.56 Å². The molecule has 2 aromatic heterocycles. The van der Waals surface area contributed by atoms with Crippen molar-refractivity contribution in [3.05, 3.63) is 53.6 Å². The highest BCUT2D eigenvalue weighted by molar-refractivity contribution is 5.67. The maximum Gasteiger partial charge on any atom is 0.282 e. The van der Waals surface area contributed by atoms with E-state index in [1.807, 2.05) is 63.2 Å². The molecule has 0 fully saturated rings. The average molecular weight is 376 g/mol. The predicted octanol–water partition coefficient (Wildman–Crippen LogP) is 3.58. The molecule has 0 atom stereocenters. The number of hydrogen-bond acceptors (Lipinski definition) is 7. The van der Waals surface area contributed by atoms with Gasteiger partial charge in [-0.05, 0) is 62.2 Å². The summed E-state index contributed by atoms with van der Waals surface area (Å²) >= 11 is 0. The van der Waals surface area contributed by atoms with Gasteiger partial charge in [0.2, 0.25) is 5.82 Å². The molecule has 28 heavy (non-hydrogen) atoms. The van der Waals surface area contributed by atoms with Crippen molar-refractivity contribution in [3.8, 4) is 34.4 Å². The lowest BCUT2D eigenvalue weighted by Crippen LogP contribution is -2.04. The number of aryl methyl sites for hydroxylation is 2. The fourth-order valence-corrected chi connectivity index (χ4v) is 2.87. The summed E-state index contributed by atoms with van der Waals surface area (Å²) in [5.41, 5.74) is 10.4. The summed E-state index contributed by atoms with van der Waals surface area (Å²) in [4.78, 5) is 4.42. The highest BCUT2D eigenvalue weighted by Gasteiger charge is 2.20. The normalized spacial score (nSPS) is 11.0. The van der Waals surface area contributed by atoms with Crippen molar-refractivity contribution in [2.75, 3.05) is 12.3 Å². The lowest BCUT2D eigenvalue weighted by molar-refractivity contribution is 0.340. The number of anilines is 1. The van der Waals surface area contributed by atoms with Gasteiger partial charge in [0.25, 0.3) is 5.89 Å². The third kappa shape index (κ3) is 3.20. The van der Waals surface area contributed by atoms with Gasteiger partial charge in [-0.2, -0.15) is 9.67 Å². The van der Waals surface area contributed by atoms with Gasteiger partial charge in [-0.3, -0.25) is 0 Å². The van der Waals surface area contributed by atoms with Crippen LogP contribution >= 0.6 is 0 Å². The van der Waals surface area contributed by atoms with Crippen LogP contribution in [0.1, 0.15) is 18.1 Å². The fraction of sp³-hybridized carbons (Fsp3) is 0.200. The molecule has 4 aromatic rings. The van der Waals surface area contributed by atoms with E-state index in [2.05, 4.69) is 20.5 Å². The summed E-state index contributed by atoms with van der Waals surface area (Å²) in [6.45, 7) is 6.56. The van der Waals surface area contributed by atoms with Gasteiger partial charge in [0.05, 0.1) is 12.3 Å². The lowest BCUT2D eigenvalue weighted by Gasteiger charge is -2.07. The summed E-state index contributed by atoms with van der Waals surface area (Å²) in [6, 6.07) is 13.5. The summed E-state index contributed by atoms with van der Waals surface area (Å²) in [7, 11) is 0. The molecule has 8 heteroatoms. The van der Waals surface area contributed by atoms with Gasteiger partial charge >= 0.3 is 0 Å². The van der Waals surface area contributed by atoms with Gasteiger partial charge in [-0.1, -0.05) is 22.5 Å². The summed E-state index contributed by atoms with van der Waals surface area (Å²) in [5.74, 6) is 1.79. The fourth-order valence-electron chi connectivity index (χ4n) is 2.87. The third-order valence-corrected chi connectivity index (χ3v) is 4.35. The Morgan fingerprint density at radius 1 is 1.11 bits per heavy atom. The van der Waals surface area contributed by atoms with E-state index in [-0.39, 0.29) is 5.89 Å². The minimum Gasteiger partial charge on any atom is -0.494 e. The molecule has 2 heterocycles. The van der Waals surface area contributed by atoms with Gasteiger partial charge in [0.1, 0.15) is 5.75 Å². The van der Waals surface area contributed by atoms with Crippen LogP contribution in [0.15, 0.2) is 47.0 Å². The minimum atomic E-state index is 0.220. The van der Waals surface area contributed by atoms with E-state index >= 15 is 0 Å². The summed E-state index contributed by atoms with van der Waals surface area (Å²) in [5, 5.41) is 12.4. The van der Waals surface area contributed by atoms with E-state index in [1.165, 1.54) is 0 Å². The zero-order chi connectivity index (χ0) is 19.7. The number of ether oxygens (including phenoxy) is 1. The van der Waals surface area contributed by atoms with Gasteiger partial charge in [0.15, 0.2) is 11.5 Å². The van der Waals surface area contributed by atoms with Crippen molar-refractivity contribution in [2.24, 2.45) is 0 Å². The molecule has 0 spiro atoms. The van der Waals surface area contributed by atoms with E-state index in [1.54, 1.807) is 4.68 Å². The van der Waals surface area contributed by atoms with E-state index < -0.39 is 0 Å². The van der Waals surface area contributed by atoms with E-state index in [0.29, 0.717) is 23.9 Å². The molecule has 0 aliphatic carbocycles. The van der Waals surface area contributed by atoms with Crippen LogP contribution in [0.3, 0.4) is 0 Å². The Kier molecular flexibility index (Phi) is 4.52. The Bertz CT molecular complexity index is 1110. The van der Waals surface area contributed by atoms with E-state index in [9.17, 15) is 0 Å². The minimum absolute atomic E-state index is 0.220. The van der Waals surface area contributed by atoms with Gasteiger partial charge < -0.3 is 15.0 Å². The molecule has 0 unspecified atom stereocenters. The monoisotopic (exact) mass is 376 g/mol. The zero-order valence-corrected chi connectivity index (χ0v) is 15.9. The second-order valence-electron chi connectivity index (χ2n) is 6.41. The third-order valence-electron chi connectivity index (χ3n) is 4.35. The van der Waals surface area contributed by atoms with Crippen LogP contribution in [0.25, 0.3) is 28.7 Å². The van der Waals surface area contributed by atoms with Crippen LogP contribution in [0.4, 0.5) is 5.82 Å². The van der Waals surface area contributed by atoms with Crippen LogP contribution in [0.2, 0.25) is 0 Å². The second kappa shape index (κ2) is 7.15. The average Bonchev–Trinajstić information content (AvgIpc) is 3.31.